The number of likely N-dealkylation sites (tertiary alicyclic amines) is 1. The zero-order valence-corrected chi connectivity index (χ0v) is 13.8. The first-order chi connectivity index (χ1) is 10.1. The van der Waals surface area contributed by atoms with Gasteiger partial charge in [0.1, 0.15) is 12.4 Å². The van der Waals surface area contributed by atoms with Crippen molar-refractivity contribution in [2.75, 3.05) is 38.7 Å². The van der Waals surface area contributed by atoms with Gasteiger partial charge in [-0.3, -0.25) is 0 Å². The molecule has 0 bridgehead atoms. The minimum Gasteiger partial charge on any atom is -0.377 e. The Hall–Kier alpha value is -1.20. The van der Waals surface area contributed by atoms with E-state index >= 15 is 0 Å². The monoisotopic (exact) mass is 292 g/mol. The normalized spacial score (nSPS) is 17.1. The second-order valence-electron chi connectivity index (χ2n) is 5.90. The fourth-order valence-corrected chi connectivity index (χ4v) is 3.02. The van der Waals surface area contributed by atoms with Crippen molar-refractivity contribution in [1.82, 2.24) is 14.9 Å². The summed E-state index contributed by atoms with van der Waals surface area (Å²) in [6.07, 6.45) is 3.66. The van der Waals surface area contributed by atoms with Crippen LogP contribution in [0.5, 0.6) is 0 Å². The molecule has 1 aromatic rings. The van der Waals surface area contributed by atoms with E-state index in [1.54, 1.807) is 7.11 Å². The molecule has 5 heteroatoms. The second kappa shape index (κ2) is 7.71. The Bertz CT molecular complexity index is 444. The molecule has 0 radical (unpaired) electrons. The lowest BCUT2D eigenvalue weighted by Crippen LogP contribution is -2.44. The third-order valence-corrected chi connectivity index (χ3v) is 4.17. The van der Waals surface area contributed by atoms with Crippen LogP contribution >= 0.6 is 0 Å². The van der Waals surface area contributed by atoms with Crippen LogP contribution < -0.4 is 4.90 Å². The zero-order chi connectivity index (χ0) is 15.2. The number of nitrogens with zero attached hydrogens (tertiary/aromatic N) is 4. The van der Waals surface area contributed by atoms with E-state index < -0.39 is 0 Å². The molecular weight excluding hydrogens is 264 g/mol. The SMILES string of the molecule is CCCN1CCC(N(C)c2cc(C)nc(COC)n2)CC1. The molecule has 118 valence electrons. The molecule has 1 aliphatic heterocycles. The van der Waals surface area contributed by atoms with Crippen LogP contribution in [-0.4, -0.2) is 54.7 Å². The minimum atomic E-state index is 0.470. The molecule has 0 spiro atoms. The van der Waals surface area contributed by atoms with Gasteiger partial charge in [0.25, 0.3) is 0 Å². The van der Waals surface area contributed by atoms with Gasteiger partial charge in [0, 0.05) is 45.0 Å². The molecule has 1 aromatic heterocycles. The number of aromatic nitrogens is 2. The molecule has 1 aliphatic rings. The van der Waals surface area contributed by atoms with E-state index in [1.165, 1.54) is 38.9 Å². The number of hydrogen-bond donors (Lipinski definition) is 0. The van der Waals surface area contributed by atoms with E-state index in [1.807, 2.05) is 6.92 Å². The van der Waals surface area contributed by atoms with Gasteiger partial charge in [-0.15, -0.1) is 0 Å². The van der Waals surface area contributed by atoms with Crippen molar-refractivity contribution in [2.24, 2.45) is 0 Å². The number of methoxy groups -OCH3 is 1. The van der Waals surface area contributed by atoms with Gasteiger partial charge in [-0.2, -0.15) is 0 Å². The van der Waals surface area contributed by atoms with E-state index in [4.69, 9.17) is 4.74 Å². The summed E-state index contributed by atoms with van der Waals surface area (Å²) in [4.78, 5) is 13.9. The summed E-state index contributed by atoms with van der Waals surface area (Å²) in [5, 5.41) is 0. The molecule has 1 fully saturated rings. The molecule has 0 N–H and O–H groups in total. The van der Waals surface area contributed by atoms with Crippen molar-refractivity contribution in [3.63, 3.8) is 0 Å². The molecular formula is C16H28N4O. The van der Waals surface area contributed by atoms with Crippen LogP contribution in [0.15, 0.2) is 6.07 Å². The number of anilines is 1. The Morgan fingerprint density at radius 3 is 2.67 bits per heavy atom. The molecule has 0 saturated carbocycles. The molecule has 0 amide bonds. The van der Waals surface area contributed by atoms with Crippen LogP contribution in [0.1, 0.15) is 37.7 Å². The van der Waals surface area contributed by atoms with E-state index in [0.29, 0.717) is 12.6 Å². The molecule has 2 heterocycles. The van der Waals surface area contributed by atoms with Gasteiger partial charge in [-0.25, -0.2) is 9.97 Å². The fraction of sp³-hybridized carbons (Fsp3) is 0.750. The van der Waals surface area contributed by atoms with E-state index in [9.17, 15) is 0 Å². The van der Waals surface area contributed by atoms with Gasteiger partial charge < -0.3 is 14.5 Å². The van der Waals surface area contributed by atoms with Crippen molar-refractivity contribution in [2.45, 2.75) is 45.8 Å². The molecule has 0 aromatic carbocycles. The summed E-state index contributed by atoms with van der Waals surface area (Å²) in [6, 6.07) is 2.64. The van der Waals surface area contributed by atoms with Crippen molar-refractivity contribution in [3.05, 3.63) is 17.6 Å². The van der Waals surface area contributed by atoms with Crippen molar-refractivity contribution >= 4 is 5.82 Å². The summed E-state index contributed by atoms with van der Waals surface area (Å²) in [5.74, 6) is 1.78. The first-order valence-electron chi connectivity index (χ1n) is 7.92. The number of piperidine rings is 1. The van der Waals surface area contributed by atoms with Crippen LogP contribution in [0.3, 0.4) is 0 Å². The van der Waals surface area contributed by atoms with Gasteiger partial charge in [-0.1, -0.05) is 6.92 Å². The Labute approximate surface area is 128 Å². The highest BCUT2D eigenvalue weighted by atomic mass is 16.5. The van der Waals surface area contributed by atoms with Gasteiger partial charge in [0.05, 0.1) is 0 Å². The first-order valence-corrected chi connectivity index (χ1v) is 7.92. The Morgan fingerprint density at radius 1 is 1.33 bits per heavy atom. The largest absolute Gasteiger partial charge is 0.377 e. The predicted octanol–water partition coefficient (Wildman–Crippen LogP) is 2.24. The molecule has 2 rings (SSSR count). The number of aryl methyl sites for hydroxylation is 1. The topological polar surface area (TPSA) is 41.5 Å². The molecule has 5 nitrogen and oxygen atoms in total. The number of rotatable bonds is 6. The molecule has 21 heavy (non-hydrogen) atoms. The number of ether oxygens (including phenoxy) is 1. The van der Waals surface area contributed by atoms with Gasteiger partial charge >= 0.3 is 0 Å². The Kier molecular flexibility index (Phi) is 5.94. The van der Waals surface area contributed by atoms with Crippen LogP contribution in [-0.2, 0) is 11.3 Å². The third kappa shape index (κ3) is 4.38. The van der Waals surface area contributed by atoms with Gasteiger partial charge in [-0.05, 0) is 32.7 Å². The highest BCUT2D eigenvalue weighted by Gasteiger charge is 2.23. The van der Waals surface area contributed by atoms with Crippen LogP contribution in [0.25, 0.3) is 0 Å². The quantitative estimate of drug-likeness (QED) is 0.804. The van der Waals surface area contributed by atoms with Crippen LogP contribution in [0.4, 0.5) is 5.82 Å². The fourth-order valence-electron chi connectivity index (χ4n) is 3.02. The van der Waals surface area contributed by atoms with E-state index in [0.717, 1.165) is 17.3 Å². The van der Waals surface area contributed by atoms with Crippen LogP contribution in [0.2, 0.25) is 0 Å². The molecule has 0 aliphatic carbocycles. The Balaban J connectivity index is 2.01. The molecule has 0 atom stereocenters. The second-order valence-corrected chi connectivity index (χ2v) is 5.90. The zero-order valence-electron chi connectivity index (χ0n) is 13.8. The van der Waals surface area contributed by atoms with Gasteiger partial charge in [0.2, 0.25) is 0 Å². The lowest BCUT2D eigenvalue weighted by atomic mass is 10.0. The highest BCUT2D eigenvalue weighted by Crippen LogP contribution is 2.21. The lowest BCUT2D eigenvalue weighted by Gasteiger charge is -2.37. The lowest BCUT2D eigenvalue weighted by molar-refractivity contribution is 0.177. The third-order valence-electron chi connectivity index (χ3n) is 4.17. The maximum Gasteiger partial charge on any atom is 0.156 e. The number of hydrogen-bond acceptors (Lipinski definition) is 5. The maximum atomic E-state index is 5.15. The van der Waals surface area contributed by atoms with Crippen molar-refractivity contribution in [1.29, 1.82) is 0 Å². The van der Waals surface area contributed by atoms with Crippen molar-refractivity contribution in [3.8, 4) is 0 Å². The molecule has 0 unspecified atom stereocenters. The summed E-state index contributed by atoms with van der Waals surface area (Å²) >= 11 is 0. The van der Waals surface area contributed by atoms with Crippen molar-refractivity contribution < 1.29 is 4.74 Å². The first kappa shape index (κ1) is 16.2. The minimum absolute atomic E-state index is 0.470. The molecule has 1 saturated heterocycles. The van der Waals surface area contributed by atoms with E-state index in [-0.39, 0.29) is 0 Å². The van der Waals surface area contributed by atoms with E-state index in [2.05, 4.69) is 39.8 Å². The summed E-state index contributed by atoms with van der Waals surface area (Å²) in [6.45, 7) is 8.34. The van der Waals surface area contributed by atoms with Crippen LogP contribution in [0, 0.1) is 6.92 Å². The standard InChI is InChI=1S/C16H28N4O/c1-5-8-20-9-6-14(7-10-20)19(3)16-11-13(2)17-15(18-16)12-21-4/h11,14H,5-10,12H2,1-4H3. The highest BCUT2D eigenvalue weighted by molar-refractivity contribution is 5.40. The summed E-state index contributed by atoms with van der Waals surface area (Å²) < 4.78 is 5.15. The Morgan fingerprint density at radius 2 is 2.05 bits per heavy atom. The maximum absolute atomic E-state index is 5.15. The predicted molar refractivity (Wildman–Crippen MR) is 85.6 cm³/mol. The average Bonchev–Trinajstić information content (AvgIpc) is 2.47. The smallest absolute Gasteiger partial charge is 0.156 e. The summed E-state index contributed by atoms with van der Waals surface area (Å²) in [5.41, 5.74) is 1.00. The summed E-state index contributed by atoms with van der Waals surface area (Å²) in [7, 11) is 3.83. The average molecular weight is 292 g/mol. The van der Waals surface area contributed by atoms with Gasteiger partial charge in [0.15, 0.2) is 5.82 Å².